The number of imidazole rings is 1. The zero-order valence-corrected chi connectivity index (χ0v) is 11.5. The van der Waals surface area contributed by atoms with Crippen LogP contribution in [0.4, 0.5) is 0 Å². The summed E-state index contributed by atoms with van der Waals surface area (Å²) >= 11 is 0. The van der Waals surface area contributed by atoms with Crippen molar-refractivity contribution >= 4 is 17.1 Å². The Hall–Kier alpha value is -2.38. The van der Waals surface area contributed by atoms with Gasteiger partial charge in [0.1, 0.15) is 0 Å². The van der Waals surface area contributed by atoms with Gasteiger partial charge in [-0.15, -0.1) is 0 Å². The fraction of sp³-hybridized carbons (Fsp3) is 0.500. The summed E-state index contributed by atoms with van der Waals surface area (Å²) in [6, 6.07) is 0. The first-order valence-electron chi connectivity index (χ1n) is 6.32. The van der Waals surface area contributed by atoms with E-state index in [1.54, 1.807) is 18.7 Å². The minimum absolute atomic E-state index is 0.253. The number of amides is 1. The van der Waals surface area contributed by atoms with Crippen LogP contribution in [0.15, 0.2) is 15.9 Å². The lowest BCUT2D eigenvalue weighted by atomic mass is 10.2. The highest BCUT2D eigenvalue weighted by molar-refractivity contribution is 5.73. The minimum Gasteiger partial charge on any atom is -0.370 e. The van der Waals surface area contributed by atoms with Crippen molar-refractivity contribution in [2.24, 2.45) is 19.8 Å². The van der Waals surface area contributed by atoms with Crippen LogP contribution < -0.4 is 17.0 Å². The Morgan fingerprint density at radius 3 is 2.65 bits per heavy atom. The zero-order chi connectivity index (χ0) is 14.9. The summed E-state index contributed by atoms with van der Waals surface area (Å²) < 4.78 is 4.12. The van der Waals surface area contributed by atoms with Crippen molar-refractivity contribution in [2.75, 3.05) is 0 Å². The third-order valence-corrected chi connectivity index (χ3v) is 3.26. The van der Waals surface area contributed by atoms with Gasteiger partial charge in [0.05, 0.1) is 6.33 Å². The van der Waals surface area contributed by atoms with Gasteiger partial charge in [-0.1, -0.05) is 0 Å². The van der Waals surface area contributed by atoms with Gasteiger partial charge in [0.25, 0.3) is 5.56 Å². The molecule has 0 aliphatic carbocycles. The lowest BCUT2D eigenvalue weighted by Crippen LogP contribution is -2.39. The van der Waals surface area contributed by atoms with Crippen LogP contribution in [0, 0.1) is 0 Å². The molecule has 0 unspecified atom stereocenters. The SMILES string of the molecule is Cn1cnc2c1c(=O)n(CCCCC(N)=O)c(=O)n2C. The summed E-state index contributed by atoms with van der Waals surface area (Å²) in [5.74, 6) is -0.382. The molecule has 0 saturated carbocycles. The third-order valence-electron chi connectivity index (χ3n) is 3.26. The molecule has 8 heteroatoms. The van der Waals surface area contributed by atoms with Crippen LogP contribution in [-0.2, 0) is 25.4 Å². The molecule has 108 valence electrons. The van der Waals surface area contributed by atoms with E-state index in [9.17, 15) is 14.4 Å². The molecule has 2 N–H and O–H groups in total. The summed E-state index contributed by atoms with van der Waals surface area (Å²) in [7, 11) is 3.29. The molecule has 1 amide bonds. The van der Waals surface area contributed by atoms with Crippen LogP contribution in [0.1, 0.15) is 19.3 Å². The Kier molecular flexibility index (Phi) is 3.73. The molecular formula is C12H17N5O3. The molecular weight excluding hydrogens is 262 g/mol. The fourth-order valence-corrected chi connectivity index (χ4v) is 2.16. The van der Waals surface area contributed by atoms with Crippen molar-refractivity contribution in [1.29, 1.82) is 0 Å². The molecule has 0 radical (unpaired) electrons. The monoisotopic (exact) mass is 279 g/mol. The minimum atomic E-state index is -0.403. The van der Waals surface area contributed by atoms with Gasteiger partial charge in [-0.05, 0) is 12.8 Å². The molecule has 0 fully saturated rings. The summed E-state index contributed by atoms with van der Waals surface area (Å²) in [4.78, 5) is 39.1. The normalized spacial score (nSPS) is 11.1. The van der Waals surface area contributed by atoms with Gasteiger partial charge < -0.3 is 10.3 Å². The van der Waals surface area contributed by atoms with Gasteiger partial charge >= 0.3 is 5.69 Å². The summed E-state index contributed by atoms with van der Waals surface area (Å²) in [6.07, 6.45) is 2.85. The first-order chi connectivity index (χ1) is 9.43. The largest absolute Gasteiger partial charge is 0.370 e. The van der Waals surface area contributed by atoms with Crippen molar-refractivity contribution in [1.82, 2.24) is 18.7 Å². The van der Waals surface area contributed by atoms with Crippen LogP contribution in [0.2, 0.25) is 0 Å². The number of carbonyl (C=O) groups is 1. The molecule has 0 aliphatic heterocycles. The van der Waals surface area contributed by atoms with Gasteiger partial charge in [-0.25, -0.2) is 9.78 Å². The Labute approximate surface area is 114 Å². The lowest BCUT2D eigenvalue weighted by Gasteiger charge is -2.08. The molecule has 0 aliphatic rings. The molecule has 2 aromatic rings. The Morgan fingerprint density at radius 1 is 1.30 bits per heavy atom. The van der Waals surface area contributed by atoms with Crippen molar-refractivity contribution in [3.05, 3.63) is 27.2 Å². The van der Waals surface area contributed by atoms with Crippen molar-refractivity contribution in [3.8, 4) is 0 Å². The van der Waals surface area contributed by atoms with Gasteiger partial charge in [0.2, 0.25) is 5.91 Å². The highest BCUT2D eigenvalue weighted by Gasteiger charge is 2.14. The van der Waals surface area contributed by atoms with Gasteiger partial charge in [0.15, 0.2) is 11.2 Å². The molecule has 0 atom stereocenters. The fourth-order valence-electron chi connectivity index (χ4n) is 2.16. The second-order valence-electron chi connectivity index (χ2n) is 4.75. The average Bonchev–Trinajstić information content (AvgIpc) is 2.77. The van der Waals surface area contributed by atoms with Crippen molar-refractivity contribution in [3.63, 3.8) is 0 Å². The van der Waals surface area contributed by atoms with Crippen LogP contribution in [0.3, 0.4) is 0 Å². The molecule has 2 heterocycles. The Balaban J connectivity index is 2.38. The van der Waals surface area contributed by atoms with Crippen LogP contribution in [-0.4, -0.2) is 24.6 Å². The van der Waals surface area contributed by atoms with E-state index in [1.165, 1.54) is 15.5 Å². The summed E-state index contributed by atoms with van der Waals surface area (Å²) in [5, 5.41) is 0. The Morgan fingerprint density at radius 2 is 2.00 bits per heavy atom. The standard InChI is InChI=1S/C12H17N5O3/c1-15-7-14-10-9(15)11(19)17(12(20)16(10)2)6-4-3-5-8(13)18/h7H,3-6H2,1-2H3,(H2,13,18). The van der Waals surface area contributed by atoms with E-state index in [0.29, 0.717) is 24.0 Å². The maximum atomic E-state index is 12.3. The lowest BCUT2D eigenvalue weighted by molar-refractivity contribution is -0.118. The third kappa shape index (κ3) is 2.36. The number of aryl methyl sites for hydroxylation is 2. The zero-order valence-electron chi connectivity index (χ0n) is 11.5. The number of aromatic nitrogens is 4. The number of unbranched alkanes of at least 4 members (excludes halogenated alkanes) is 1. The number of carbonyl (C=O) groups excluding carboxylic acids is 1. The quantitative estimate of drug-likeness (QED) is 0.715. The van der Waals surface area contributed by atoms with E-state index in [-0.39, 0.29) is 24.4 Å². The number of primary amides is 1. The first-order valence-corrected chi connectivity index (χ1v) is 6.32. The van der Waals surface area contributed by atoms with E-state index in [0.717, 1.165) is 0 Å². The number of rotatable bonds is 5. The average molecular weight is 279 g/mol. The predicted molar refractivity (Wildman–Crippen MR) is 73.3 cm³/mol. The molecule has 0 aromatic carbocycles. The van der Waals surface area contributed by atoms with Gasteiger partial charge in [0, 0.05) is 27.1 Å². The molecule has 20 heavy (non-hydrogen) atoms. The highest BCUT2D eigenvalue weighted by Crippen LogP contribution is 2.03. The van der Waals surface area contributed by atoms with Crippen molar-refractivity contribution in [2.45, 2.75) is 25.8 Å². The predicted octanol–water partition coefficient (Wildman–Crippen LogP) is -0.911. The molecule has 8 nitrogen and oxygen atoms in total. The number of nitrogens with two attached hydrogens (primary N) is 1. The molecule has 2 aromatic heterocycles. The van der Waals surface area contributed by atoms with E-state index in [4.69, 9.17) is 5.73 Å². The Bertz CT molecular complexity index is 768. The molecule has 2 rings (SSSR count). The molecule has 0 saturated heterocycles. The first kappa shape index (κ1) is 14.0. The van der Waals surface area contributed by atoms with Crippen LogP contribution in [0.5, 0.6) is 0 Å². The van der Waals surface area contributed by atoms with Crippen LogP contribution >= 0.6 is 0 Å². The highest BCUT2D eigenvalue weighted by atomic mass is 16.2. The molecule has 0 bridgehead atoms. The van der Waals surface area contributed by atoms with E-state index < -0.39 is 5.69 Å². The maximum Gasteiger partial charge on any atom is 0.332 e. The smallest absolute Gasteiger partial charge is 0.332 e. The number of fused-ring (bicyclic) bond motifs is 1. The van der Waals surface area contributed by atoms with Crippen molar-refractivity contribution < 1.29 is 4.79 Å². The maximum absolute atomic E-state index is 12.3. The van der Waals surface area contributed by atoms with Gasteiger partial charge in [-0.3, -0.25) is 18.7 Å². The van der Waals surface area contributed by atoms with Gasteiger partial charge in [-0.2, -0.15) is 0 Å². The van der Waals surface area contributed by atoms with Crippen LogP contribution in [0.25, 0.3) is 11.2 Å². The number of nitrogens with zero attached hydrogens (tertiary/aromatic N) is 4. The van der Waals surface area contributed by atoms with E-state index in [1.807, 2.05) is 0 Å². The number of hydrogen-bond donors (Lipinski definition) is 1. The summed E-state index contributed by atoms with van der Waals surface area (Å²) in [6.45, 7) is 0.264. The second kappa shape index (κ2) is 5.32. The second-order valence-corrected chi connectivity index (χ2v) is 4.75. The molecule has 0 spiro atoms. The topological polar surface area (TPSA) is 105 Å². The van der Waals surface area contributed by atoms with E-state index >= 15 is 0 Å². The number of hydrogen-bond acceptors (Lipinski definition) is 4. The van der Waals surface area contributed by atoms with E-state index in [2.05, 4.69) is 4.98 Å². The summed E-state index contributed by atoms with van der Waals surface area (Å²) in [5.41, 5.74) is 5.05.